The number of halogens is 1. The van der Waals surface area contributed by atoms with Gasteiger partial charge < -0.3 is 5.73 Å². The normalized spacial score (nSPS) is 22.0. The summed E-state index contributed by atoms with van der Waals surface area (Å²) < 4.78 is 40.9. The molecule has 0 bridgehead atoms. The highest BCUT2D eigenvalue weighted by molar-refractivity contribution is 7.89. The van der Waals surface area contributed by atoms with Crippen molar-refractivity contribution >= 4 is 10.0 Å². The van der Waals surface area contributed by atoms with Crippen LogP contribution in [0.2, 0.25) is 0 Å². The van der Waals surface area contributed by atoms with E-state index in [1.54, 1.807) is 6.92 Å². The van der Waals surface area contributed by atoms with E-state index in [0.29, 0.717) is 25.2 Å². The molecule has 6 heteroatoms. The Morgan fingerprint density at radius 2 is 1.88 bits per heavy atom. The van der Waals surface area contributed by atoms with E-state index in [9.17, 15) is 12.8 Å². The van der Waals surface area contributed by atoms with Crippen molar-refractivity contribution in [3.63, 3.8) is 0 Å². The van der Waals surface area contributed by atoms with Crippen molar-refractivity contribution in [1.29, 1.82) is 0 Å². The summed E-state index contributed by atoms with van der Waals surface area (Å²) in [6.07, 6.45) is 0. The Kier molecular flexibility index (Phi) is 4.71. The van der Waals surface area contributed by atoms with Gasteiger partial charge in [-0.1, -0.05) is 36.4 Å². The Balaban J connectivity index is 1.91. The predicted molar refractivity (Wildman–Crippen MR) is 91.6 cm³/mol. The summed E-state index contributed by atoms with van der Waals surface area (Å²) >= 11 is 0. The number of nitrogens with two attached hydrogens (primary N) is 1. The van der Waals surface area contributed by atoms with Crippen molar-refractivity contribution < 1.29 is 12.8 Å². The smallest absolute Gasteiger partial charge is 0.243 e. The van der Waals surface area contributed by atoms with Crippen molar-refractivity contribution in [2.24, 2.45) is 11.7 Å². The lowest BCUT2D eigenvalue weighted by atomic mass is 9.89. The van der Waals surface area contributed by atoms with Crippen molar-refractivity contribution in [3.05, 3.63) is 65.5 Å². The van der Waals surface area contributed by atoms with Crippen LogP contribution in [0.3, 0.4) is 0 Å². The Bertz CT molecular complexity index is 824. The summed E-state index contributed by atoms with van der Waals surface area (Å²) in [5, 5.41) is 0. The zero-order valence-corrected chi connectivity index (χ0v) is 14.3. The Labute approximate surface area is 142 Å². The molecule has 0 aromatic heterocycles. The lowest BCUT2D eigenvalue weighted by molar-refractivity contribution is 0.458. The molecule has 0 aliphatic carbocycles. The Morgan fingerprint density at radius 1 is 1.17 bits per heavy atom. The number of hydrogen-bond donors (Lipinski definition) is 1. The first-order chi connectivity index (χ1) is 11.4. The lowest BCUT2D eigenvalue weighted by Gasteiger charge is -2.17. The molecule has 24 heavy (non-hydrogen) atoms. The summed E-state index contributed by atoms with van der Waals surface area (Å²) in [5.74, 6) is -0.399. The van der Waals surface area contributed by atoms with Gasteiger partial charge >= 0.3 is 0 Å². The molecule has 2 aromatic carbocycles. The van der Waals surface area contributed by atoms with Crippen molar-refractivity contribution in [1.82, 2.24) is 4.31 Å². The second-order valence-electron chi connectivity index (χ2n) is 6.25. The molecule has 1 saturated heterocycles. The second kappa shape index (κ2) is 6.63. The number of aryl methyl sites for hydroxylation is 1. The van der Waals surface area contributed by atoms with Crippen LogP contribution in [0.25, 0.3) is 0 Å². The van der Waals surface area contributed by atoms with E-state index >= 15 is 0 Å². The molecule has 0 spiro atoms. The third-order valence-corrected chi connectivity index (χ3v) is 6.55. The molecule has 1 heterocycles. The van der Waals surface area contributed by atoms with Crippen LogP contribution in [0, 0.1) is 18.7 Å². The van der Waals surface area contributed by atoms with Crippen LogP contribution in [0.5, 0.6) is 0 Å². The largest absolute Gasteiger partial charge is 0.330 e. The van der Waals surface area contributed by atoms with Gasteiger partial charge in [0.25, 0.3) is 0 Å². The molecule has 1 aliphatic rings. The van der Waals surface area contributed by atoms with E-state index in [1.807, 2.05) is 30.3 Å². The molecule has 128 valence electrons. The average molecular weight is 348 g/mol. The first-order valence-electron chi connectivity index (χ1n) is 7.95. The molecule has 2 atom stereocenters. The zero-order chi connectivity index (χ0) is 17.3. The monoisotopic (exact) mass is 348 g/mol. The van der Waals surface area contributed by atoms with Gasteiger partial charge in [-0.15, -0.1) is 0 Å². The summed E-state index contributed by atoms with van der Waals surface area (Å²) in [6, 6.07) is 13.8. The van der Waals surface area contributed by atoms with Gasteiger partial charge in [-0.3, -0.25) is 0 Å². The summed E-state index contributed by atoms with van der Waals surface area (Å²) in [6.45, 7) is 2.74. The zero-order valence-electron chi connectivity index (χ0n) is 13.5. The van der Waals surface area contributed by atoms with Gasteiger partial charge in [0.15, 0.2) is 0 Å². The second-order valence-corrected chi connectivity index (χ2v) is 8.18. The number of benzene rings is 2. The molecule has 2 N–H and O–H groups in total. The van der Waals surface area contributed by atoms with E-state index in [1.165, 1.54) is 16.4 Å². The van der Waals surface area contributed by atoms with Gasteiger partial charge in [0.2, 0.25) is 10.0 Å². The lowest BCUT2D eigenvalue weighted by Crippen LogP contribution is -2.30. The minimum absolute atomic E-state index is 0.00455. The van der Waals surface area contributed by atoms with Crippen molar-refractivity contribution in [2.75, 3.05) is 19.6 Å². The maximum atomic E-state index is 13.8. The minimum Gasteiger partial charge on any atom is -0.330 e. The van der Waals surface area contributed by atoms with Crippen LogP contribution in [0.15, 0.2) is 53.4 Å². The third kappa shape index (κ3) is 3.09. The summed E-state index contributed by atoms with van der Waals surface area (Å²) in [5.41, 5.74) is 7.38. The van der Waals surface area contributed by atoms with Crippen LogP contribution in [0.4, 0.5) is 4.39 Å². The van der Waals surface area contributed by atoms with Gasteiger partial charge in [0.1, 0.15) is 5.82 Å². The predicted octanol–water partition coefficient (Wildman–Crippen LogP) is 2.50. The highest BCUT2D eigenvalue weighted by Crippen LogP contribution is 2.35. The number of sulfonamides is 1. The molecular weight excluding hydrogens is 327 g/mol. The van der Waals surface area contributed by atoms with Crippen LogP contribution >= 0.6 is 0 Å². The maximum absolute atomic E-state index is 13.8. The Morgan fingerprint density at radius 3 is 2.50 bits per heavy atom. The van der Waals surface area contributed by atoms with Crippen LogP contribution in [0.1, 0.15) is 17.0 Å². The molecule has 0 amide bonds. The van der Waals surface area contributed by atoms with Gasteiger partial charge in [0, 0.05) is 19.0 Å². The van der Waals surface area contributed by atoms with Crippen molar-refractivity contribution in [2.45, 2.75) is 17.7 Å². The highest BCUT2D eigenvalue weighted by atomic mass is 32.2. The highest BCUT2D eigenvalue weighted by Gasteiger charge is 2.39. The number of nitrogens with zero attached hydrogens (tertiary/aromatic N) is 1. The molecule has 0 saturated carbocycles. The Hall–Kier alpha value is -1.76. The fraction of sp³-hybridized carbons (Fsp3) is 0.333. The minimum atomic E-state index is -3.72. The molecule has 0 unspecified atom stereocenters. The van der Waals surface area contributed by atoms with Crippen LogP contribution in [-0.2, 0) is 10.0 Å². The molecule has 2 aromatic rings. The van der Waals surface area contributed by atoms with Gasteiger partial charge in [-0.25, -0.2) is 12.8 Å². The van der Waals surface area contributed by atoms with E-state index in [2.05, 4.69) is 0 Å². The van der Waals surface area contributed by atoms with E-state index < -0.39 is 15.8 Å². The van der Waals surface area contributed by atoms with Gasteiger partial charge in [0.05, 0.1) is 4.90 Å². The number of hydrogen-bond acceptors (Lipinski definition) is 3. The molecule has 3 rings (SSSR count). The first kappa shape index (κ1) is 17.1. The summed E-state index contributed by atoms with van der Waals surface area (Å²) in [7, 11) is -3.72. The van der Waals surface area contributed by atoms with Gasteiger partial charge in [-0.2, -0.15) is 4.31 Å². The van der Waals surface area contributed by atoms with E-state index in [4.69, 9.17) is 5.73 Å². The first-order valence-corrected chi connectivity index (χ1v) is 9.39. The number of rotatable bonds is 4. The molecular formula is C18H21FN2O2S. The molecule has 4 nitrogen and oxygen atoms in total. The SMILES string of the molecule is Cc1ccc(S(=O)(=O)N2C[C@@H](CN)[C@H](c3ccccc3)C2)cc1F. The van der Waals surface area contributed by atoms with E-state index in [-0.39, 0.29) is 16.7 Å². The molecule has 1 fully saturated rings. The van der Waals surface area contributed by atoms with Crippen molar-refractivity contribution in [3.8, 4) is 0 Å². The van der Waals surface area contributed by atoms with Gasteiger partial charge in [-0.05, 0) is 42.6 Å². The summed E-state index contributed by atoms with van der Waals surface area (Å²) in [4.78, 5) is -0.00455. The third-order valence-electron chi connectivity index (χ3n) is 4.72. The fourth-order valence-corrected chi connectivity index (χ4v) is 4.76. The standard InChI is InChI=1S/C18H21FN2O2S/c1-13-7-8-16(9-18(13)19)24(22,23)21-11-15(10-20)17(12-21)14-5-3-2-4-6-14/h2-9,15,17H,10-12,20H2,1H3/t15-,17+/m1/s1. The van der Waals surface area contributed by atoms with Crippen LogP contribution < -0.4 is 5.73 Å². The average Bonchev–Trinajstić information content (AvgIpc) is 3.03. The van der Waals surface area contributed by atoms with E-state index in [0.717, 1.165) is 11.6 Å². The molecule has 1 aliphatic heterocycles. The molecule has 0 radical (unpaired) electrons. The topological polar surface area (TPSA) is 63.4 Å². The quantitative estimate of drug-likeness (QED) is 0.923. The fourth-order valence-electron chi connectivity index (χ4n) is 3.23. The maximum Gasteiger partial charge on any atom is 0.243 e. The van der Waals surface area contributed by atoms with Crippen LogP contribution in [-0.4, -0.2) is 32.4 Å².